The number of nitrogens with one attached hydrogen (secondary N) is 2. The van der Waals surface area contributed by atoms with Gasteiger partial charge in [0.1, 0.15) is 18.4 Å². The van der Waals surface area contributed by atoms with Crippen LogP contribution in [0.15, 0.2) is 97.1 Å². The highest BCUT2D eigenvalue weighted by atomic mass is 16.6. The molecule has 11 heteroatoms. The number of alkyl carbamates (subject to hydrolysis) is 1. The minimum Gasteiger partial charge on any atom is -0.461 e. The van der Waals surface area contributed by atoms with Crippen molar-refractivity contribution in [2.75, 3.05) is 11.9 Å². The van der Waals surface area contributed by atoms with Crippen molar-refractivity contribution in [1.29, 1.82) is 0 Å². The molecule has 5 rings (SSSR count). The molecule has 0 spiro atoms. The summed E-state index contributed by atoms with van der Waals surface area (Å²) in [6.45, 7) is 3.54. The topological polar surface area (TPSA) is 146 Å². The van der Waals surface area contributed by atoms with Gasteiger partial charge in [-0.3, -0.25) is 15.4 Å². The van der Waals surface area contributed by atoms with Crippen LogP contribution in [-0.2, 0) is 20.7 Å². The third-order valence-corrected chi connectivity index (χ3v) is 7.17. The Kier molecular flexibility index (Phi) is 9.37. The van der Waals surface area contributed by atoms with Crippen molar-refractivity contribution in [3.05, 3.63) is 124 Å². The van der Waals surface area contributed by atoms with Crippen molar-refractivity contribution in [1.82, 2.24) is 5.32 Å². The zero-order valence-corrected chi connectivity index (χ0v) is 24.6. The van der Waals surface area contributed by atoms with E-state index in [1.807, 2.05) is 36.4 Å². The van der Waals surface area contributed by atoms with Crippen LogP contribution in [0.1, 0.15) is 36.5 Å². The van der Waals surface area contributed by atoms with Crippen LogP contribution >= 0.6 is 0 Å². The number of hydrogen-bond acceptors (Lipinski definition) is 8. The molecule has 2 N–H and O–H groups in total. The maximum atomic E-state index is 13.0. The van der Waals surface area contributed by atoms with Crippen molar-refractivity contribution in [2.24, 2.45) is 0 Å². The van der Waals surface area contributed by atoms with E-state index in [1.54, 1.807) is 38.1 Å². The number of carbonyl (C=O) groups is 3. The standard InChI is InChI=1S/C34H31N3O8/c1-21(2)44-32(38)31(36-33(39)43-20-30-28-9-5-3-7-26(28)27-8-4-6-10-29(27)30)19-22-11-13-23(14-12-22)35-34(40)45-25-17-15-24(16-18-25)37(41)42/h3-18,21,30-31H,19-20H2,1-2H3,(H,35,40)(H,36,39)/t31-/m0/s1. The highest BCUT2D eigenvalue weighted by Gasteiger charge is 2.30. The molecule has 4 aromatic rings. The van der Waals surface area contributed by atoms with Crippen LogP contribution in [0.5, 0.6) is 5.75 Å². The smallest absolute Gasteiger partial charge is 0.417 e. The highest BCUT2D eigenvalue weighted by Crippen LogP contribution is 2.44. The summed E-state index contributed by atoms with van der Waals surface area (Å²) in [5.41, 5.74) is 5.35. The fraction of sp³-hybridized carbons (Fsp3) is 0.206. The van der Waals surface area contributed by atoms with E-state index in [4.69, 9.17) is 14.2 Å². The van der Waals surface area contributed by atoms with Crippen molar-refractivity contribution in [3.63, 3.8) is 0 Å². The zero-order valence-electron chi connectivity index (χ0n) is 24.6. The van der Waals surface area contributed by atoms with Gasteiger partial charge < -0.3 is 19.5 Å². The monoisotopic (exact) mass is 609 g/mol. The second-order valence-electron chi connectivity index (χ2n) is 10.7. The van der Waals surface area contributed by atoms with Crippen molar-refractivity contribution in [3.8, 4) is 16.9 Å². The summed E-state index contributed by atoms with van der Waals surface area (Å²) in [5.74, 6) is -0.593. The molecular weight excluding hydrogens is 578 g/mol. The van der Waals surface area contributed by atoms with Crippen LogP contribution in [0, 0.1) is 10.1 Å². The number of rotatable bonds is 10. The van der Waals surface area contributed by atoms with E-state index in [2.05, 4.69) is 22.8 Å². The summed E-state index contributed by atoms with van der Waals surface area (Å²) in [7, 11) is 0. The zero-order chi connectivity index (χ0) is 31.9. The summed E-state index contributed by atoms with van der Waals surface area (Å²) >= 11 is 0. The maximum Gasteiger partial charge on any atom is 0.417 e. The number of carbonyl (C=O) groups excluding carboxylic acids is 3. The van der Waals surface area contributed by atoms with Crippen molar-refractivity contribution < 1.29 is 33.5 Å². The number of nitrogens with zero attached hydrogens (tertiary/aromatic N) is 1. The van der Waals surface area contributed by atoms with Crippen LogP contribution in [0.4, 0.5) is 21.0 Å². The van der Waals surface area contributed by atoms with Crippen molar-refractivity contribution in [2.45, 2.75) is 38.3 Å². The molecule has 0 fully saturated rings. The first-order valence-electron chi connectivity index (χ1n) is 14.3. The number of non-ortho nitro benzene ring substituents is 1. The Labute approximate surface area is 259 Å². The lowest BCUT2D eigenvalue weighted by Crippen LogP contribution is -2.44. The average Bonchev–Trinajstić information content (AvgIpc) is 3.34. The van der Waals surface area contributed by atoms with Gasteiger partial charge in [-0.25, -0.2) is 14.4 Å². The van der Waals surface area contributed by atoms with Gasteiger partial charge in [0.2, 0.25) is 0 Å². The molecule has 0 bridgehead atoms. The van der Waals surface area contributed by atoms with Crippen LogP contribution < -0.4 is 15.4 Å². The summed E-state index contributed by atoms with van der Waals surface area (Å²) in [4.78, 5) is 48.4. The predicted molar refractivity (Wildman–Crippen MR) is 166 cm³/mol. The lowest BCUT2D eigenvalue weighted by molar-refractivity contribution is -0.384. The fourth-order valence-electron chi connectivity index (χ4n) is 5.14. The van der Waals surface area contributed by atoms with E-state index in [0.717, 1.165) is 22.3 Å². The van der Waals surface area contributed by atoms with Gasteiger partial charge in [-0.15, -0.1) is 0 Å². The SMILES string of the molecule is CC(C)OC(=O)[C@H](Cc1ccc(NC(=O)Oc2ccc([N+](=O)[O-])cc2)cc1)NC(=O)OCC1c2ccccc2-c2ccccc21. The van der Waals surface area contributed by atoms with Gasteiger partial charge in [0.15, 0.2) is 0 Å². The first-order valence-corrected chi connectivity index (χ1v) is 14.3. The lowest BCUT2D eigenvalue weighted by atomic mass is 9.98. The highest BCUT2D eigenvalue weighted by molar-refractivity contribution is 5.86. The van der Waals surface area contributed by atoms with Crippen molar-refractivity contribution >= 4 is 29.5 Å². The molecule has 0 unspecified atom stereocenters. The van der Waals surface area contributed by atoms with Crippen LogP contribution in [0.2, 0.25) is 0 Å². The third kappa shape index (κ3) is 7.63. The maximum absolute atomic E-state index is 13.0. The number of anilines is 1. The minimum absolute atomic E-state index is 0.0994. The second kappa shape index (κ2) is 13.7. The number of hydrogen-bond donors (Lipinski definition) is 2. The number of amides is 2. The van der Waals surface area contributed by atoms with Gasteiger partial charge in [-0.05, 0) is 65.9 Å². The van der Waals surface area contributed by atoms with E-state index >= 15 is 0 Å². The molecule has 0 saturated carbocycles. The Morgan fingerprint density at radius 1 is 0.822 bits per heavy atom. The predicted octanol–water partition coefficient (Wildman–Crippen LogP) is 6.61. The molecule has 0 radical (unpaired) electrons. The average molecular weight is 610 g/mol. The summed E-state index contributed by atoms with van der Waals surface area (Å²) in [6, 6.07) is 26.7. The number of ether oxygens (including phenoxy) is 3. The molecule has 230 valence electrons. The van der Waals surface area contributed by atoms with Crippen LogP contribution in [0.3, 0.4) is 0 Å². The van der Waals surface area contributed by atoms with Gasteiger partial charge in [-0.1, -0.05) is 60.7 Å². The number of nitro benzene ring substituents is 1. The molecule has 0 heterocycles. The van der Waals surface area contributed by atoms with Gasteiger partial charge in [0.05, 0.1) is 11.0 Å². The normalized spacial score (nSPS) is 12.4. The molecule has 1 atom stereocenters. The molecule has 0 saturated heterocycles. The van der Waals surface area contributed by atoms with Crippen LogP contribution in [0.25, 0.3) is 11.1 Å². The third-order valence-electron chi connectivity index (χ3n) is 7.17. The first-order chi connectivity index (χ1) is 21.7. The Morgan fingerprint density at radius 2 is 1.42 bits per heavy atom. The molecule has 0 aromatic heterocycles. The number of esters is 1. The van der Waals surface area contributed by atoms with Gasteiger partial charge in [0, 0.05) is 30.2 Å². The molecule has 1 aliphatic rings. The Balaban J connectivity index is 1.19. The van der Waals surface area contributed by atoms with E-state index in [-0.39, 0.29) is 30.4 Å². The Bertz CT molecular complexity index is 1660. The fourth-order valence-corrected chi connectivity index (χ4v) is 5.14. The van der Waals surface area contributed by atoms with E-state index in [9.17, 15) is 24.5 Å². The Hall–Kier alpha value is -5.71. The second-order valence-corrected chi connectivity index (χ2v) is 10.7. The molecule has 11 nitrogen and oxygen atoms in total. The van der Waals surface area contributed by atoms with E-state index < -0.39 is 35.2 Å². The summed E-state index contributed by atoms with van der Waals surface area (Å²) < 4.78 is 16.2. The molecule has 0 aliphatic heterocycles. The molecule has 2 amide bonds. The van der Waals surface area contributed by atoms with Crippen LogP contribution in [-0.4, -0.2) is 41.8 Å². The van der Waals surface area contributed by atoms with Gasteiger partial charge in [-0.2, -0.15) is 0 Å². The molecule has 45 heavy (non-hydrogen) atoms. The Morgan fingerprint density at radius 3 is 2.00 bits per heavy atom. The number of nitro groups is 1. The molecule has 4 aromatic carbocycles. The van der Waals surface area contributed by atoms with E-state index in [0.29, 0.717) is 11.3 Å². The molecule has 1 aliphatic carbocycles. The quantitative estimate of drug-likeness (QED) is 0.116. The number of fused-ring (bicyclic) bond motifs is 3. The number of benzene rings is 4. The first kappa shape index (κ1) is 30.7. The largest absolute Gasteiger partial charge is 0.461 e. The van der Waals surface area contributed by atoms with E-state index in [1.165, 1.54) is 24.3 Å². The summed E-state index contributed by atoms with van der Waals surface area (Å²) in [5, 5.41) is 16.0. The minimum atomic E-state index is -1.02. The van der Waals surface area contributed by atoms with Gasteiger partial charge in [0.25, 0.3) is 5.69 Å². The lowest BCUT2D eigenvalue weighted by Gasteiger charge is -2.20. The molecular formula is C34H31N3O8. The van der Waals surface area contributed by atoms with Gasteiger partial charge >= 0.3 is 18.2 Å². The summed E-state index contributed by atoms with van der Waals surface area (Å²) in [6.07, 6.45) is -1.80.